The molecule has 1 aliphatic rings. The standard InChI is InChI=1S/C11H15BrN4O3/c12-8-5-16(11(19)15-10(8)18)6-9(17)14-7-2-1-3-13-4-7/h5,7,13H,1-4,6H2,(H,14,17)(H,15,18,19)/t7-/m0/s1. The van der Waals surface area contributed by atoms with Crippen molar-refractivity contribution in [2.75, 3.05) is 13.1 Å². The third-order valence-electron chi connectivity index (χ3n) is 2.94. The highest BCUT2D eigenvalue weighted by molar-refractivity contribution is 9.10. The Bertz CT molecular complexity index is 574. The summed E-state index contributed by atoms with van der Waals surface area (Å²) < 4.78 is 1.39. The number of aromatic nitrogens is 2. The molecule has 0 saturated carbocycles. The monoisotopic (exact) mass is 330 g/mol. The van der Waals surface area contributed by atoms with Gasteiger partial charge in [-0.2, -0.15) is 0 Å². The van der Waals surface area contributed by atoms with Gasteiger partial charge in [0.15, 0.2) is 0 Å². The fourth-order valence-electron chi connectivity index (χ4n) is 2.00. The number of nitrogens with zero attached hydrogens (tertiary/aromatic N) is 1. The van der Waals surface area contributed by atoms with E-state index in [0.717, 1.165) is 30.5 Å². The van der Waals surface area contributed by atoms with Gasteiger partial charge in [0.2, 0.25) is 5.91 Å². The van der Waals surface area contributed by atoms with E-state index >= 15 is 0 Å². The summed E-state index contributed by atoms with van der Waals surface area (Å²) in [5.74, 6) is -0.241. The fourth-order valence-corrected chi connectivity index (χ4v) is 2.35. The second-order valence-electron chi connectivity index (χ2n) is 4.48. The molecule has 1 aliphatic heterocycles. The smallest absolute Gasteiger partial charge is 0.328 e. The molecule has 19 heavy (non-hydrogen) atoms. The summed E-state index contributed by atoms with van der Waals surface area (Å²) in [6.45, 7) is 1.61. The van der Waals surface area contributed by atoms with Crippen LogP contribution in [-0.2, 0) is 11.3 Å². The number of H-pyrrole nitrogens is 1. The first-order valence-electron chi connectivity index (χ1n) is 6.05. The number of carbonyl (C=O) groups is 1. The molecule has 3 N–H and O–H groups in total. The van der Waals surface area contributed by atoms with Crippen molar-refractivity contribution < 1.29 is 4.79 Å². The summed E-state index contributed by atoms with van der Waals surface area (Å²) in [7, 11) is 0. The van der Waals surface area contributed by atoms with Gasteiger partial charge in [0.1, 0.15) is 6.54 Å². The maximum Gasteiger partial charge on any atom is 0.328 e. The molecule has 0 aromatic carbocycles. The van der Waals surface area contributed by atoms with Gasteiger partial charge in [0, 0.05) is 18.8 Å². The first-order valence-corrected chi connectivity index (χ1v) is 6.85. The summed E-state index contributed by atoms with van der Waals surface area (Å²) in [4.78, 5) is 36.6. The second-order valence-corrected chi connectivity index (χ2v) is 5.33. The molecule has 1 atom stereocenters. The number of carbonyl (C=O) groups excluding carboxylic acids is 1. The molecule has 1 saturated heterocycles. The summed E-state index contributed by atoms with van der Waals surface area (Å²) in [5.41, 5.74) is -1.09. The van der Waals surface area contributed by atoms with E-state index in [9.17, 15) is 14.4 Å². The third-order valence-corrected chi connectivity index (χ3v) is 3.51. The van der Waals surface area contributed by atoms with Gasteiger partial charge in [0.05, 0.1) is 4.47 Å². The van der Waals surface area contributed by atoms with Crippen molar-refractivity contribution in [3.63, 3.8) is 0 Å². The van der Waals surface area contributed by atoms with Crippen molar-refractivity contribution in [3.05, 3.63) is 31.5 Å². The van der Waals surface area contributed by atoms with Crippen LogP contribution in [0.1, 0.15) is 12.8 Å². The first-order chi connectivity index (χ1) is 9.06. The van der Waals surface area contributed by atoms with E-state index in [4.69, 9.17) is 0 Å². The number of amides is 1. The van der Waals surface area contributed by atoms with Crippen molar-refractivity contribution in [3.8, 4) is 0 Å². The highest BCUT2D eigenvalue weighted by Gasteiger charge is 2.15. The molecule has 0 spiro atoms. The third kappa shape index (κ3) is 3.77. The Kier molecular flexibility index (Phi) is 4.54. The van der Waals surface area contributed by atoms with Gasteiger partial charge in [-0.05, 0) is 35.3 Å². The van der Waals surface area contributed by atoms with Crippen LogP contribution in [0.2, 0.25) is 0 Å². The van der Waals surface area contributed by atoms with Crippen LogP contribution in [0.5, 0.6) is 0 Å². The Morgan fingerprint density at radius 1 is 1.53 bits per heavy atom. The van der Waals surface area contributed by atoms with Gasteiger partial charge in [-0.15, -0.1) is 0 Å². The second kappa shape index (κ2) is 6.16. The van der Waals surface area contributed by atoms with Crippen LogP contribution < -0.4 is 21.9 Å². The van der Waals surface area contributed by atoms with Gasteiger partial charge in [0.25, 0.3) is 5.56 Å². The fraction of sp³-hybridized carbons (Fsp3) is 0.545. The van der Waals surface area contributed by atoms with Gasteiger partial charge in [-0.1, -0.05) is 0 Å². The highest BCUT2D eigenvalue weighted by Crippen LogP contribution is 2.01. The van der Waals surface area contributed by atoms with Gasteiger partial charge >= 0.3 is 5.69 Å². The number of piperidine rings is 1. The number of halogens is 1. The van der Waals surface area contributed by atoms with E-state index in [1.54, 1.807) is 0 Å². The molecule has 104 valence electrons. The molecule has 8 heteroatoms. The quantitative estimate of drug-likeness (QED) is 0.673. The Morgan fingerprint density at radius 2 is 2.32 bits per heavy atom. The molecule has 0 bridgehead atoms. The molecule has 2 heterocycles. The Balaban J connectivity index is 2.00. The Hall–Kier alpha value is -1.41. The van der Waals surface area contributed by atoms with Gasteiger partial charge in [-0.3, -0.25) is 19.1 Å². The number of aromatic amines is 1. The maximum absolute atomic E-state index is 11.8. The lowest BCUT2D eigenvalue weighted by Gasteiger charge is -2.23. The van der Waals surface area contributed by atoms with Gasteiger partial charge in [-0.25, -0.2) is 4.79 Å². The summed E-state index contributed by atoms with van der Waals surface area (Å²) in [6, 6.07) is 0.100. The molecular formula is C11H15BrN4O3. The number of nitrogens with one attached hydrogen (secondary N) is 3. The van der Waals surface area contributed by atoms with Gasteiger partial charge < -0.3 is 10.6 Å². The normalized spacial score (nSPS) is 19.1. The summed E-state index contributed by atoms with van der Waals surface area (Å²) >= 11 is 3.02. The van der Waals surface area contributed by atoms with Crippen molar-refractivity contribution >= 4 is 21.8 Å². The van der Waals surface area contributed by atoms with Crippen LogP contribution in [0.4, 0.5) is 0 Å². The number of rotatable bonds is 3. The lowest BCUT2D eigenvalue weighted by atomic mass is 10.1. The van der Waals surface area contributed by atoms with Crippen LogP contribution in [0.25, 0.3) is 0 Å². The lowest BCUT2D eigenvalue weighted by molar-refractivity contribution is -0.122. The van der Waals surface area contributed by atoms with E-state index in [0.29, 0.717) is 0 Å². The van der Waals surface area contributed by atoms with Crippen molar-refractivity contribution in [1.29, 1.82) is 0 Å². The molecule has 1 fully saturated rings. The van der Waals surface area contributed by atoms with Crippen LogP contribution in [0.3, 0.4) is 0 Å². The van der Waals surface area contributed by atoms with Crippen LogP contribution in [0, 0.1) is 0 Å². The molecule has 1 aromatic heterocycles. The van der Waals surface area contributed by atoms with E-state index < -0.39 is 11.2 Å². The van der Waals surface area contributed by atoms with Crippen LogP contribution in [0.15, 0.2) is 20.3 Å². The Morgan fingerprint density at radius 3 is 3.00 bits per heavy atom. The highest BCUT2D eigenvalue weighted by atomic mass is 79.9. The van der Waals surface area contributed by atoms with Crippen LogP contribution in [-0.4, -0.2) is 34.6 Å². The Labute approximate surface area is 117 Å². The maximum atomic E-state index is 11.8. The van der Waals surface area contributed by atoms with E-state index in [1.165, 1.54) is 6.20 Å². The predicted octanol–water partition coefficient (Wildman–Crippen LogP) is -0.833. The lowest BCUT2D eigenvalue weighted by Crippen LogP contribution is -2.47. The molecular weight excluding hydrogens is 316 g/mol. The summed E-state index contributed by atoms with van der Waals surface area (Å²) in [5, 5.41) is 6.05. The predicted molar refractivity (Wildman–Crippen MR) is 73.1 cm³/mol. The van der Waals surface area contributed by atoms with Crippen LogP contribution >= 0.6 is 15.9 Å². The molecule has 2 rings (SSSR count). The van der Waals surface area contributed by atoms with Crippen molar-refractivity contribution in [2.24, 2.45) is 0 Å². The minimum atomic E-state index is -0.592. The minimum Gasteiger partial charge on any atom is -0.351 e. The molecule has 7 nitrogen and oxygen atoms in total. The summed E-state index contributed by atoms with van der Waals surface area (Å²) in [6.07, 6.45) is 3.28. The molecule has 0 radical (unpaired) electrons. The topological polar surface area (TPSA) is 96.0 Å². The molecule has 1 aromatic rings. The first kappa shape index (κ1) is 14.0. The molecule has 0 unspecified atom stereocenters. The zero-order chi connectivity index (χ0) is 13.8. The molecule has 1 amide bonds. The van der Waals surface area contributed by atoms with E-state index in [1.807, 2.05) is 0 Å². The zero-order valence-electron chi connectivity index (χ0n) is 10.2. The minimum absolute atomic E-state index is 0.100. The average Bonchev–Trinajstić information content (AvgIpc) is 2.37. The zero-order valence-corrected chi connectivity index (χ0v) is 11.8. The largest absolute Gasteiger partial charge is 0.351 e. The van der Waals surface area contributed by atoms with Crippen molar-refractivity contribution in [2.45, 2.75) is 25.4 Å². The van der Waals surface area contributed by atoms with E-state index in [2.05, 4.69) is 31.5 Å². The SMILES string of the molecule is O=C(Cn1cc(Br)c(=O)[nH]c1=O)N[C@H]1CCCNC1. The average molecular weight is 331 g/mol. The number of hydrogen-bond donors (Lipinski definition) is 3. The van der Waals surface area contributed by atoms with E-state index in [-0.39, 0.29) is 23.0 Å². The number of hydrogen-bond acceptors (Lipinski definition) is 4. The van der Waals surface area contributed by atoms with Crippen molar-refractivity contribution in [1.82, 2.24) is 20.2 Å². The molecule has 0 aliphatic carbocycles.